The van der Waals surface area contributed by atoms with Gasteiger partial charge in [0.2, 0.25) is 5.91 Å². The van der Waals surface area contributed by atoms with Gasteiger partial charge in [-0.1, -0.05) is 18.7 Å². The second-order valence-corrected chi connectivity index (χ2v) is 10.7. The van der Waals surface area contributed by atoms with Crippen molar-refractivity contribution in [3.8, 4) is 0 Å². The van der Waals surface area contributed by atoms with Crippen LogP contribution in [0.4, 0.5) is 0 Å². The van der Waals surface area contributed by atoms with Crippen LogP contribution in [0.5, 0.6) is 0 Å². The number of carbonyl (C=O) groups is 1. The molecule has 0 spiro atoms. The van der Waals surface area contributed by atoms with Gasteiger partial charge in [-0.3, -0.25) is 14.2 Å². The Kier molecular flexibility index (Phi) is 6.14. The van der Waals surface area contributed by atoms with Crippen LogP contribution in [-0.4, -0.2) is 51.9 Å². The zero-order valence-electron chi connectivity index (χ0n) is 18.3. The van der Waals surface area contributed by atoms with E-state index < -0.39 is 0 Å². The Balaban J connectivity index is 1.48. The Labute approximate surface area is 194 Å². The molecule has 9 heteroatoms. The molecular weight excluding hydrogens is 446 g/mol. The molecule has 3 aromatic rings. The average molecular weight is 474 g/mol. The van der Waals surface area contributed by atoms with Crippen LogP contribution in [0.2, 0.25) is 0 Å². The third kappa shape index (κ3) is 4.25. The van der Waals surface area contributed by atoms with Crippen LogP contribution in [0.1, 0.15) is 36.5 Å². The van der Waals surface area contributed by atoms with Crippen molar-refractivity contribution in [3.05, 3.63) is 45.0 Å². The van der Waals surface area contributed by atoms with Crippen molar-refractivity contribution in [3.63, 3.8) is 0 Å². The number of aryl methyl sites for hydroxylation is 1. The van der Waals surface area contributed by atoms with E-state index in [0.717, 1.165) is 29.5 Å². The summed E-state index contributed by atoms with van der Waals surface area (Å²) in [5.74, 6) is 1.61. The first-order valence-corrected chi connectivity index (χ1v) is 12.9. The lowest BCUT2D eigenvalue weighted by atomic mass is 9.89. The number of carbonyl (C=O) groups excluding carboxylic acids is 1. The van der Waals surface area contributed by atoms with Gasteiger partial charge in [-0.25, -0.2) is 4.98 Å². The molecule has 0 radical (unpaired) electrons. The molecule has 0 saturated carbocycles. The van der Waals surface area contributed by atoms with Gasteiger partial charge in [0.1, 0.15) is 10.6 Å². The molecule has 4 heterocycles. The number of morpholine rings is 1. The van der Waals surface area contributed by atoms with Gasteiger partial charge >= 0.3 is 0 Å². The summed E-state index contributed by atoms with van der Waals surface area (Å²) >= 11 is 2.97. The number of rotatable bonds is 5. The molecule has 1 aliphatic heterocycles. The van der Waals surface area contributed by atoms with Gasteiger partial charge in [0.25, 0.3) is 5.56 Å². The van der Waals surface area contributed by atoms with Crippen LogP contribution < -0.4 is 5.56 Å². The molecule has 3 aromatic heterocycles. The number of amides is 1. The third-order valence-corrected chi connectivity index (χ3v) is 8.30. The molecule has 0 aromatic carbocycles. The summed E-state index contributed by atoms with van der Waals surface area (Å²) in [4.78, 5) is 35.2. The minimum Gasteiger partial charge on any atom is -0.467 e. The summed E-state index contributed by atoms with van der Waals surface area (Å²) in [6.45, 7) is 6.30. The molecule has 2 atom stereocenters. The third-order valence-electron chi connectivity index (χ3n) is 6.19. The van der Waals surface area contributed by atoms with E-state index in [0.29, 0.717) is 43.1 Å². The summed E-state index contributed by atoms with van der Waals surface area (Å²) in [7, 11) is 0. The lowest BCUT2D eigenvalue weighted by molar-refractivity contribution is -0.135. The second-order valence-electron chi connectivity index (χ2n) is 8.71. The van der Waals surface area contributed by atoms with Crippen LogP contribution in [0, 0.1) is 5.92 Å². The van der Waals surface area contributed by atoms with Crippen molar-refractivity contribution < 1.29 is 13.9 Å². The predicted octanol–water partition coefficient (Wildman–Crippen LogP) is 3.56. The molecule has 170 valence electrons. The Bertz CT molecular complexity index is 1180. The number of nitrogens with zero attached hydrogens (tertiary/aromatic N) is 3. The van der Waals surface area contributed by atoms with Crippen molar-refractivity contribution in [2.75, 3.05) is 25.4 Å². The standard InChI is InChI=1S/C23H27N3O4S2/c1-14-5-6-17-18(10-14)32-21-20(17)22(28)26(12-16-4-3-8-30-16)23(24-21)31-13-19(27)25-7-9-29-15(2)11-25/h3-4,8,14-15H,5-7,9-13H2,1-2H3/t14-,15+/m0/s1. The topological polar surface area (TPSA) is 77.6 Å². The predicted molar refractivity (Wildman–Crippen MR) is 126 cm³/mol. The Morgan fingerprint density at radius 1 is 1.38 bits per heavy atom. The Morgan fingerprint density at radius 2 is 2.25 bits per heavy atom. The molecule has 1 aliphatic carbocycles. The number of hydrogen-bond donors (Lipinski definition) is 0. The van der Waals surface area contributed by atoms with E-state index in [2.05, 4.69) is 6.92 Å². The van der Waals surface area contributed by atoms with Crippen LogP contribution in [-0.2, 0) is 28.9 Å². The first-order chi connectivity index (χ1) is 15.5. The van der Waals surface area contributed by atoms with Crippen LogP contribution in [0.15, 0.2) is 32.8 Å². The molecule has 0 bridgehead atoms. The average Bonchev–Trinajstić information content (AvgIpc) is 3.41. The van der Waals surface area contributed by atoms with Crippen LogP contribution in [0.3, 0.4) is 0 Å². The summed E-state index contributed by atoms with van der Waals surface area (Å²) in [6, 6.07) is 3.67. The number of ether oxygens (including phenoxy) is 1. The maximum atomic E-state index is 13.6. The van der Waals surface area contributed by atoms with E-state index in [4.69, 9.17) is 14.1 Å². The van der Waals surface area contributed by atoms with E-state index in [1.165, 1.54) is 22.2 Å². The molecule has 2 aliphatic rings. The highest BCUT2D eigenvalue weighted by atomic mass is 32.2. The maximum Gasteiger partial charge on any atom is 0.263 e. The molecule has 7 nitrogen and oxygen atoms in total. The van der Waals surface area contributed by atoms with Gasteiger partial charge in [0, 0.05) is 18.0 Å². The number of hydrogen-bond acceptors (Lipinski definition) is 7. The van der Waals surface area contributed by atoms with Gasteiger partial charge in [0.15, 0.2) is 5.16 Å². The number of thiophene rings is 1. The summed E-state index contributed by atoms with van der Waals surface area (Å²) in [5.41, 5.74) is 1.14. The van der Waals surface area contributed by atoms with E-state index in [9.17, 15) is 9.59 Å². The SMILES string of the molecule is C[C@H]1CCc2c(sc3nc(SCC(=O)N4CCO[C@H](C)C4)n(Cc4ccco4)c(=O)c23)C1. The second kappa shape index (κ2) is 9.03. The van der Waals surface area contributed by atoms with Crippen molar-refractivity contribution in [1.82, 2.24) is 14.5 Å². The number of aromatic nitrogens is 2. The van der Waals surface area contributed by atoms with Gasteiger partial charge in [-0.05, 0) is 49.8 Å². The fraction of sp³-hybridized carbons (Fsp3) is 0.522. The van der Waals surface area contributed by atoms with E-state index in [1.54, 1.807) is 22.2 Å². The quantitative estimate of drug-likeness (QED) is 0.417. The zero-order valence-corrected chi connectivity index (χ0v) is 20.0. The molecule has 32 heavy (non-hydrogen) atoms. The summed E-state index contributed by atoms with van der Waals surface area (Å²) in [6.07, 6.45) is 4.68. The minimum absolute atomic E-state index is 0.0339. The normalized spacial score (nSPS) is 21.1. The molecule has 1 fully saturated rings. The highest BCUT2D eigenvalue weighted by molar-refractivity contribution is 7.99. The number of fused-ring (bicyclic) bond motifs is 3. The van der Waals surface area contributed by atoms with Crippen molar-refractivity contribution in [1.29, 1.82) is 0 Å². The Hall–Kier alpha value is -2.10. The zero-order chi connectivity index (χ0) is 22.2. The molecule has 0 N–H and O–H groups in total. The number of furan rings is 1. The van der Waals surface area contributed by atoms with Crippen molar-refractivity contribution in [2.45, 2.75) is 50.9 Å². The fourth-order valence-corrected chi connectivity index (χ4v) is 6.80. The van der Waals surface area contributed by atoms with Gasteiger partial charge in [-0.15, -0.1) is 11.3 Å². The summed E-state index contributed by atoms with van der Waals surface area (Å²) in [5, 5.41) is 1.32. The molecule has 1 saturated heterocycles. The lowest BCUT2D eigenvalue weighted by Gasteiger charge is -2.31. The molecule has 1 amide bonds. The summed E-state index contributed by atoms with van der Waals surface area (Å²) < 4.78 is 12.7. The minimum atomic E-state index is -0.0339. The molecule has 5 rings (SSSR count). The van der Waals surface area contributed by atoms with Gasteiger partial charge < -0.3 is 14.1 Å². The highest BCUT2D eigenvalue weighted by Gasteiger charge is 2.26. The van der Waals surface area contributed by atoms with Gasteiger partial charge in [0.05, 0.1) is 36.7 Å². The maximum absolute atomic E-state index is 13.6. The van der Waals surface area contributed by atoms with E-state index in [1.807, 2.05) is 24.0 Å². The molecule has 0 unspecified atom stereocenters. The molecular formula is C23H27N3O4S2. The van der Waals surface area contributed by atoms with Crippen molar-refractivity contribution in [2.24, 2.45) is 5.92 Å². The van der Waals surface area contributed by atoms with E-state index in [-0.39, 0.29) is 23.3 Å². The first kappa shape index (κ1) is 21.7. The fourth-order valence-electron chi connectivity index (χ4n) is 4.48. The largest absolute Gasteiger partial charge is 0.467 e. The Morgan fingerprint density at radius 3 is 3.03 bits per heavy atom. The van der Waals surface area contributed by atoms with Crippen LogP contribution >= 0.6 is 23.1 Å². The van der Waals surface area contributed by atoms with Crippen molar-refractivity contribution >= 4 is 39.2 Å². The van der Waals surface area contributed by atoms with Crippen LogP contribution in [0.25, 0.3) is 10.2 Å². The smallest absolute Gasteiger partial charge is 0.263 e. The van der Waals surface area contributed by atoms with Gasteiger partial charge in [-0.2, -0.15) is 0 Å². The first-order valence-electron chi connectivity index (χ1n) is 11.1. The monoisotopic (exact) mass is 473 g/mol. The van der Waals surface area contributed by atoms with E-state index >= 15 is 0 Å². The lowest BCUT2D eigenvalue weighted by Crippen LogP contribution is -2.45. The highest BCUT2D eigenvalue weighted by Crippen LogP contribution is 2.36. The number of thioether (sulfide) groups is 1.